The van der Waals surface area contributed by atoms with Crippen molar-refractivity contribution in [3.05, 3.63) is 72.3 Å². The van der Waals surface area contributed by atoms with Gasteiger partial charge in [0.15, 0.2) is 0 Å². The van der Waals surface area contributed by atoms with Crippen molar-refractivity contribution in [1.82, 2.24) is 30.4 Å². The number of hydrogen-bond acceptors (Lipinski definition) is 10. The molecule has 60 heavy (non-hydrogen) atoms. The van der Waals surface area contributed by atoms with E-state index < -0.39 is 30.4 Å². The molecule has 6 rings (SSSR count). The lowest BCUT2D eigenvalue weighted by molar-refractivity contribution is -0.138. The number of imidazole rings is 1. The lowest BCUT2D eigenvalue weighted by Crippen LogP contribution is -2.56. The number of H-pyrrole nitrogens is 1. The normalized spacial score (nSPS) is 22.1. The fourth-order valence-corrected chi connectivity index (χ4v) is 8.57. The molecule has 4 amide bonds. The Morgan fingerprint density at radius 1 is 0.833 bits per heavy atom. The Morgan fingerprint density at radius 2 is 1.45 bits per heavy atom. The van der Waals surface area contributed by atoms with Gasteiger partial charge >= 0.3 is 12.2 Å². The number of aromatic nitrogens is 2. The molecule has 0 bridgehead atoms. The average molecular weight is 826 g/mol. The van der Waals surface area contributed by atoms with Gasteiger partial charge in [-0.1, -0.05) is 68.8 Å². The van der Waals surface area contributed by atoms with E-state index in [9.17, 15) is 19.2 Å². The number of carbonyl (C=O) groups is 4. The minimum Gasteiger partial charge on any atom is -0.453 e. The van der Waals surface area contributed by atoms with E-state index in [0.29, 0.717) is 26.0 Å². The summed E-state index contributed by atoms with van der Waals surface area (Å²) in [7, 11) is 5.72. The number of amides is 4. The van der Waals surface area contributed by atoms with Crippen molar-refractivity contribution in [1.29, 1.82) is 0 Å². The molecule has 0 saturated carbocycles. The number of aromatic amines is 1. The topological polar surface area (TPSA) is 177 Å². The Morgan fingerprint density at radius 3 is 2.05 bits per heavy atom. The Hall–Kier alpha value is -5.54. The van der Waals surface area contributed by atoms with E-state index in [2.05, 4.69) is 64.1 Å². The SMILES string of the molecule is CC[C@H](C)[C@H](NC(=O)OC)C(=O)N1[C@@H](C)CC[C@H]1c1ncc(-c2ccc(-c3ccc(C4=CN=C([C@@H]5C[C@H](COC)CN5C(=O)[C@@H](NC(=O)OC)[C@@H](C)OC)C4)cc3)cc2)[nH]1. The summed E-state index contributed by atoms with van der Waals surface area (Å²) in [5.41, 5.74) is 6.95. The first-order valence-electron chi connectivity index (χ1n) is 20.8. The van der Waals surface area contributed by atoms with Crippen LogP contribution < -0.4 is 10.6 Å². The van der Waals surface area contributed by atoms with Crippen LogP contribution in [-0.4, -0.2) is 121 Å². The number of rotatable bonds is 15. The number of nitrogens with one attached hydrogen (secondary N) is 3. The third-order valence-corrected chi connectivity index (χ3v) is 12.3. The van der Waals surface area contributed by atoms with E-state index in [1.54, 1.807) is 18.9 Å². The predicted octanol–water partition coefficient (Wildman–Crippen LogP) is 6.38. The zero-order valence-corrected chi connectivity index (χ0v) is 35.9. The van der Waals surface area contributed by atoms with Gasteiger partial charge in [-0.05, 0) is 66.9 Å². The van der Waals surface area contributed by atoms with Crippen molar-refractivity contribution < 1.29 is 38.1 Å². The van der Waals surface area contributed by atoms with Gasteiger partial charge < -0.3 is 44.4 Å². The molecule has 3 N–H and O–H groups in total. The van der Waals surface area contributed by atoms with E-state index in [1.165, 1.54) is 21.3 Å². The van der Waals surface area contributed by atoms with Gasteiger partial charge in [0.1, 0.15) is 17.9 Å². The number of ether oxygens (including phenoxy) is 4. The highest BCUT2D eigenvalue weighted by molar-refractivity contribution is 6.04. The number of alkyl carbamates (subject to hydrolysis) is 2. The fraction of sp³-hybridized carbons (Fsp3) is 0.511. The predicted molar refractivity (Wildman–Crippen MR) is 228 cm³/mol. The van der Waals surface area contributed by atoms with Crippen LogP contribution in [-0.2, 0) is 28.5 Å². The Bertz CT molecular complexity index is 2050. The van der Waals surface area contributed by atoms with Crippen LogP contribution in [0.25, 0.3) is 28.0 Å². The van der Waals surface area contributed by atoms with Crippen molar-refractivity contribution in [2.24, 2.45) is 16.8 Å². The van der Waals surface area contributed by atoms with E-state index in [4.69, 9.17) is 28.9 Å². The molecule has 3 aliphatic rings. The molecular weight excluding hydrogens is 767 g/mol. The molecule has 4 heterocycles. The summed E-state index contributed by atoms with van der Waals surface area (Å²) in [4.78, 5) is 68.9. The number of carbonyl (C=O) groups excluding carboxylic acids is 4. The molecule has 322 valence electrons. The second-order valence-corrected chi connectivity index (χ2v) is 16.1. The van der Waals surface area contributed by atoms with Crippen molar-refractivity contribution in [3.8, 4) is 22.4 Å². The fourth-order valence-electron chi connectivity index (χ4n) is 8.57. The number of aliphatic imine (C=N–C) groups is 1. The van der Waals surface area contributed by atoms with E-state index in [0.717, 1.165) is 64.3 Å². The maximum Gasteiger partial charge on any atom is 0.407 e. The van der Waals surface area contributed by atoms with Gasteiger partial charge in [0.05, 0.1) is 50.9 Å². The molecule has 0 unspecified atom stereocenters. The first-order valence-corrected chi connectivity index (χ1v) is 20.8. The molecule has 0 spiro atoms. The number of likely N-dealkylation sites (tertiary alicyclic amines) is 2. The van der Waals surface area contributed by atoms with E-state index >= 15 is 0 Å². The number of hydrogen-bond donors (Lipinski definition) is 3. The van der Waals surface area contributed by atoms with Crippen LogP contribution in [0, 0.1) is 11.8 Å². The molecule has 3 aromatic rings. The summed E-state index contributed by atoms with van der Waals surface area (Å²) in [6.45, 7) is 8.72. The number of nitrogens with zero attached hydrogens (tertiary/aromatic N) is 4. The monoisotopic (exact) mass is 825 g/mol. The first-order chi connectivity index (χ1) is 28.9. The quantitative estimate of drug-likeness (QED) is 0.157. The molecule has 15 nitrogen and oxygen atoms in total. The van der Waals surface area contributed by atoms with Crippen LogP contribution in [0.2, 0.25) is 0 Å². The Kier molecular flexibility index (Phi) is 14.4. The minimum atomic E-state index is -0.921. The van der Waals surface area contributed by atoms with Crippen molar-refractivity contribution in [2.75, 3.05) is 41.6 Å². The van der Waals surface area contributed by atoms with Crippen molar-refractivity contribution in [2.45, 2.75) is 96.1 Å². The molecule has 2 fully saturated rings. The Labute approximate surface area is 352 Å². The standard InChI is InChI=1S/C45H59N7O8/c1-9-26(2)39(49-44(55)59-7)43(54)52-27(3)10-19-37(52)41-47-23-36(48-41)33-17-15-31(16-18-33)30-11-13-32(14-12-30)34-21-35(46-22-34)38-20-29(25-57-5)24-51(38)42(53)40(28(4)58-6)50-45(56)60-8/h11-18,22-23,26-29,37-40H,9-10,19-21,24-25H2,1-8H3,(H,47,48)(H,49,55)(H,50,56)/t26-,27-,28+,29-,37-,38-,39-,40-/m0/s1. The number of benzene rings is 2. The maximum absolute atomic E-state index is 14.0. The van der Waals surface area contributed by atoms with Crippen LogP contribution in [0.4, 0.5) is 9.59 Å². The highest BCUT2D eigenvalue weighted by Crippen LogP contribution is 2.38. The minimum absolute atomic E-state index is 0.00373. The van der Waals surface area contributed by atoms with Gasteiger partial charge in [0.25, 0.3) is 0 Å². The van der Waals surface area contributed by atoms with Crippen molar-refractivity contribution >= 4 is 35.3 Å². The maximum atomic E-state index is 14.0. The first kappa shape index (κ1) is 44.0. The van der Waals surface area contributed by atoms with Crippen LogP contribution in [0.5, 0.6) is 0 Å². The molecule has 2 aromatic carbocycles. The summed E-state index contributed by atoms with van der Waals surface area (Å²) in [6, 6.07) is 14.6. The van der Waals surface area contributed by atoms with Crippen LogP contribution in [0.3, 0.4) is 0 Å². The van der Waals surface area contributed by atoms with Crippen LogP contribution >= 0.6 is 0 Å². The summed E-state index contributed by atoms with van der Waals surface area (Å²) in [5.74, 6) is 0.396. The second kappa shape index (κ2) is 19.7. The van der Waals surface area contributed by atoms with E-state index in [-0.39, 0.29) is 41.8 Å². The average Bonchev–Trinajstić information content (AvgIpc) is 4.11. The smallest absolute Gasteiger partial charge is 0.407 e. The molecule has 15 heteroatoms. The van der Waals surface area contributed by atoms with Crippen LogP contribution in [0.1, 0.15) is 77.2 Å². The van der Waals surface area contributed by atoms with Gasteiger partial charge in [-0.25, -0.2) is 14.6 Å². The molecule has 0 aliphatic carbocycles. The molecule has 3 aliphatic heterocycles. The third-order valence-electron chi connectivity index (χ3n) is 12.3. The second-order valence-electron chi connectivity index (χ2n) is 16.1. The van der Waals surface area contributed by atoms with Gasteiger partial charge in [0, 0.05) is 51.1 Å². The lowest BCUT2D eigenvalue weighted by atomic mass is 9.95. The molecular formula is C45H59N7O8. The summed E-state index contributed by atoms with van der Waals surface area (Å²) in [6.07, 6.45) is 5.43. The largest absolute Gasteiger partial charge is 0.453 e. The third kappa shape index (κ3) is 9.57. The zero-order chi connectivity index (χ0) is 43.1. The summed E-state index contributed by atoms with van der Waals surface area (Å²) < 4.78 is 20.6. The summed E-state index contributed by atoms with van der Waals surface area (Å²) >= 11 is 0. The Balaban J connectivity index is 1.11. The van der Waals surface area contributed by atoms with Gasteiger partial charge in [-0.15, -0.1) is 0 Å². The van der Waals surface area contributed by atoms with Gasteiger partial charge in [-0.2, -0.15) is 0 Å². The molecule has 2 saturated heterocycles. The zero-order valence-electron chi connectivity index (χ0n) is 35.9. The molecule has 0 radical (unpaired) electrons. The molecule has 1 aromatic heterocycles. The summed E-state index contributed by atoms with van der Waals surface area (Å²) in [5, 5.41) is 5.42. The highest BCUT2D eigenvalue weighted by atomic mass is 16.5. The van der Waals surface area contributed by atoms with Crippen LogP contribution in [0.15, 0.2) is 65.9 Å². The number of methoxy groups -OCH3 is 4. The number of allylic oxidation sites excluding steroid dienone is 1. The van der Waals surface area contributed by atoms with Gasteiger partial charge in [0.2, 0.25) is 11.8 Å². The highest BCUT2D eigenvalue weighted by Gasteiger charge is 2.44. The lowest BCUT2D eigenvalue weighted by Gasteiger charge is -2.33. The van der Waals surface area contributed by atoms with Crippen molar-refractivity contribution in [3.63, 3.8) is 0 Å². The molecule has 8 atom stereocenters. The van der Waals surface area contributed by atoms with Gasteiger partial charge in [-0.3, -0.25) is 14.6 Å². The van der Waals surface area contributed by atoms with E-state index in [1.807, 2.05) is 38.1 Å².